The highest BCUT2D eigenvalue weighted by Crippen LogP contribution is 2.59. The predicted octanol–water partition coefficient (Wildman–Crippen LogP) is 3.65. The van der Waals surface area contributed by atoms with Crippen molar-refractivity contribution in [3.05, 3.63) is 35.4 Å². The zero-order valence-corrected chi connectivity index (χ0v) is 9.93. The maximum atomic E-state index is 13.0. The van der Waals surface area contributed by atoms with Crippen molar-refractivity contribution in [3.8, 4) is 0 Å². The summed E-state index contributed by atoms with van der Waals surface area (Å²) in [6, 6.07) is 6.45. The van der Waals surface area contributed by atoms with Crippen LogP contribution in [-0.4, -0.2) is 11.3 Å². The van der Waals surface area contributed by atoms with Crippen molar-refractivity contribution in [3.63, 3.8) is 0 Å². The van der Waals surface area contributed by atoms with Crippen LogP contribution in [-0.2, 0) is 11.0 Å². The molecule has 0 bridgehead atoms. The molecule has 1 aromatic rings. The molecule has 2 saturated carbocycles. The van der Waals surface area contributed by atoms with Gasteiger partial charge in [-0.25, -0.2) is 0 Å². The third-order valence-corrected chi connectivity index (χ3v) is 4.43. The van der Waals surface area contributed by atoms with Gasteiger partial charge in [-0.1, -0.05) is 24.3 Å². The Kier molecular flexibility index (Phi) is 2.34. The summed E-state index contributed by atoms with van der Waals surface area (Å²) in [4.78, 5) is 0. The molecule has 1 N–H and O–H groups in total. The van der Waals surface area contributed by atoms with Gasteiger partial charge in [-0.05, 0) is 43.2 Å². The molecule has 3 rings (SSSR count). The van der Waals surface area contributed by atoms with Crippen molar-refractivity contribution in [2.24, 2.45) is 0 Å². The van der Waals surface area contributed by atoms with Crippen molar-refractivity contribution in [2.75, 3.05) is 0 Å². The minimum Gasteiger partial charge on any atom is -0.385 e. The number of alkyl halides is 3. The number of rotatable bonds is 2. The molecule has 0 aliphatic heterocycles. The summed E-state index contributed by atoms with van der Waals surface area (Å²) in [7, 11) is 0. The zero-order chi connectivity index (χ0) is 13.0. The molecule has 0 radical (unpaired) electrons. The van der Waals surface area contributed by atoms with Crippen LogP contribution in [0, 0.1) is 0 Å². The molecule has 0 unspecified atom stereocenters. The van der Waals surface area contributed by atoms with E-state index in [0.29, 0.717) is 24.0 Å². The Morgan fingerprint density at radius 2 is 1.61 bits per heavy atom. The second kappa shape index (κ2) is 3.50. The molecule has 2 aliphatic rings. The van der Waals surface area contributed by atoms with Crippen molar-refractivity contribution in [1.29, 1.82) is 0 Å². The van der Waals surface area contributed by atoms with Gasteiger partial charge >= 0.3 is 6.18 Å². The highest BCUT2D eigenvalue weighted by atomic mass is 19.4. The lowest BCUT2D eigenvalue weighted by atomic mass is 9.74. The van der Waals surface area contributed by atoms with Crippen LogP contribution in [0.25, 0.3) is 0 Å². The Hall–Kier alpha value is -1.03. The molecular formula is C14H15F3O. The summed E-state index contributed by atoms with van der Waals surface area (Å²) in [6.07, 6.45) is -1.62. The van der Waals surface area contributed by atoms with Gasteiger partial charge in [0.05, 0.1) is 11.0 Å². The average Bonchev–Trinajstić information content (AvgIpc) is 3.06. The lowest BCUT2D eigenvalue weighted by Gasteiger charge is -2.37. The fourth-order valence-corrected chi connectivity index (χ4v) is 2.77. The van der Waals surface area contributed by atoms with E-state index in [-0.39, 0.29) is 12.8 Å². The van der Waals surface area contributed by atoms with E-state index in [9.17, 15) is 18.3 Å². The first-order valence-corrected chi connectivity index (χ1v) is 6.28. The van der Waals surface area contributed by atoms with Crippen LogP contribution in [0.1, 0.15) is 43.2 Å². The molecule has 1 aromatic carbocycles. The van der Waals surface area contributed by atoms with E-state index in [0.717, 1.165) is 6.42 Å². The third-order valence-electron chi connectivity index (χ3n) is 4.43. The number of hydrogen-bond donors (Lipinski definition) is 1. The van der Waals surface area contributed by atoms with Crippen LogP contribution in [0.3, 0.4) is 0 Å². The van der Waals surface area contributed by atoms with Gasteiger partial charge in [-0.2, -0.15) is 13.2 Å². The summed E-state index contributed by atoms with van der Waals surface area (Å²) in [5.41, 5.74) is -1.59. The topological polar surface area (TPSA) is 20.2 Å². The van der Waals surface area contributed by atoms with Crippen molar-refractivity contribution in [2.45, 2.75) is 49.3 Å². The molecule has 0 saturated heterocycles. The molecule has 2 aliphatic carbocycles. The van der Waals surface area contributed by atoms with Gasteiger partial charge in [-0.3, -0.25) is 0 Å². The van der Waals surface area contributed by atoms with Crippen LogP contribution < -0.4 is 0 Å². The monoisotopic (exact) mass is 256 g/mol. The van der Waals surface area contributed by atoms with Crippen molar-refractivity contribution < 1.29 is 18.3 Å². The minimum atomic E-state index is -4.19. The van der Waals surface area contributed by atoms with E-state index < -0.39 is 17.2 Å². The SMILES string of the molecule is OC1(c2cccc(C3(C(F)(F)F)CC3)c2)CCC1. The molecule has 98 valence electrons. The second-order valence-electron chi connectivity index (χ2n) is 5.55. The number of halogens is 3. The van der Waals surface area contributed by atoms with Crippen molar-refractivity contribution in [1.82, 2.24) is 0 Å². The molecule has 18 heavy (non-hydrogen) atoms. The normalized spacial score (nSPS) is 24.4. The first-order chi connectivity index (χ1) is 8.37. The van der Waals surface area contributed by atoms with Gasteiger partial charge < -0.3 is 5.11 Å². The summed E-state index contributed by atoms with van der Waals surface area (Å²) >= 11 is 0. The van der Waals surface area contributed by atoms with Crippen LogP contribution in [0.5, 0.6) is 0 Å². The first kappa shape index (κ1) is 12.0. The fraction of sp³-hybridized carbons (Fsp3) is 0.571. The highest BCUT2D eigenvalue weighted by Gasteiger charge is 2.64. The Labute approximate surface area is 104 Å². The molecule has 0 amide bonds. The van der Waals surface area contributed by atoms with Gasteiger partial charge in [-0.15, -0.1) is 0 Å². The van der Waals surface area contributed by atoms with E-state index in [1.165, 1.54) is 6.07 Å². The molecule has 1 nitrogen and oxygen atoms in total. The molecular weight excluding hydrogens is 241 g/mol. The molecule has 4 heteroatoms. The Morgan fingerprint density at radius 1 is 1.00 bits per heavy atom. The van der Waals surface area contributed by atoms with Gasteiger partial charge in [0.1, 0.15) is 0 Å². The first-order valence-electron chi connectivity index (χ1n) is 6.28. The van der Waals surface area contributed by atoms with Crippen LogP contribution in [0.15, 0.2) is 24.3 Å². The fourth-order valence-electron chi connectivity index (χ4n) is 2.77. The van der Waals surface area contributed by atoms with E-state index >= 15 is 0 Å². The maximum Gasteiger partial charge on any atom is 0.398 e. The predicted molar refractivity (Wildman–Crippen MR) is 61.2 cm³/mol. The molecule has 0 aromatic heterocycles. The molecule has 0 atom stereocenters. The maximum absolute atomic E-state index is 13.0. The van der Waals surface area contributed by atoms with E-state index in [2.05, 4.69) is 0 Å². The summed E-state index contributed by atoms with van der Waals surface area (Å²) in [5.74, 6) is 0. The molecule has 2 fully saturated rings. The van der Waals surface area contributed by atoms with Gasteiger partial charge in [0.15, 0.2) is 0 Å². The van der Waals surface area contributed by atoms with Crippen LogP contribution >= 0.6 is 0 Å². The largest absolute Gasteiger partial charge is 0.398 e. The van der Waals surface area contributed by atoms with E-state index in [4.69, 9.17) is 0 Å². The Balaban J connectivity index is 1.97. The van der Waals surface area contributed by atoms with E-state index in [1.807, 2.05) is 0 Å². The van der Waals surface area contributed by atoms with Crippen molar-refractivity contribution >= 4 is 0 Å². The summed E-state index contributed by atoms with van der Waals surface area (Å²) in [6.45, 7) is 0. The zero-order valence-electron chi connectivity index (χ0n) is 9.93. The van der Waals surface area contributed by atoms with Gasteiger partial charge in [0.2, 0.25) is 0 Å². The highest BCUT2D eigenvalue weighted by molar-refractivity contribution is 5.39. The number of benzene rings is 1. The lowest BCUT2D eigenvalue weighted by molar-refractivity contribution is -0.160. The summed E-state index contributed by atoms with van der Waals surface area (Å²) in [5, 5.41) is 10.2. The molecule has 0 spiro atoms. The third kappa shape index (κ3) is 1.58. The smallest absolute Gasteiger partial charge is 0.385 e. The van der Waals surface area contributed by atoms with E-state index in [1.54, 1.807) is 18.2 Å². The van der Waals surface area contributed by atoms with Gasteiger partial charge in [0.25, 0.3) is 0 Å². The standard InChI is InChI=1S/C14H15F3O/c15-14(16,17)12(7-8-12)10-3-1-4-11(9-10)13(18)5-2-6-13/h1,3-4,9,18H,2,5-8H2. The second-order valence-corrected chi connectivity index (χ2v) is 5.55. The number of aliphatic hydroxyl groups is 1. The molecule has 0 heterocycles. The quantitative estimate of drug-likeness (QED) is 0.856. The lowest BCUT2D eigenvalue weighted by Crippen LogP contribution is -2.34. The minimum absolute atomic E-state index is 0.165. The summed E-state index contributed by atoms with van der Waals surface area (Å²) < 4.78 is 39.1. The Morgan fingerprint density at radius 3 is 2.06 bits per heavy atom. The Bertz CT molecular complexity index is 470. The average molecular weight is 256 g/mol. The number of hydrogen-bond acceptors (Lipinski definition) is 1. The van der Waals surface area contributed by atoms with Crippen LogP contribution in [0.2, 0.25) is 0 Å². The van der Waals surface area contributed by atoms with Crippen LogP contribution in [0.4, 0.5) is 13.2 Å². The van der Waals surface area contributed by atoms with Gasteiger partial charge in [0, 0.05) is 0 Å².